The molecule has 1 aromatic heterocycles. The van der Waals surface area contributed by atoms with E-state index in [-0.39, 0.29) is 0 Å². The van der Waals surface area contributed by atoms with Crippen LogP contribution in [0.2, 0.25) is 0 Å². The Bertz CT molecular complexity index is 462. The first-order valence-electron chi connectivity index (χ1n) is 4.25. The Kier molecular flexibility index (Phi) is 1.89. The van der Waals surface area contributed by atoms with Gasteiger partial charge in [-0.15, -0.1) is 0 Å². The lowest BCUT2D eigenvalue weighted by Crippen LogP contribution is -1.89. The van der Waals surface area contributed by atoms with E-state index >= 15 is 0 Å². The van der Waals surface area contributed by atoms with Crippen LogP contribution in [-0.2, 0) is 0 Å². The summed E-state index contributed by atoms with van der Waals surface area (Å²) in [5, 5.41) is 3.80. The number of anilines is 2. The fourth-order valence-electron chi connectivity index (χ4n) is 1.23. The molecule has 2 rings (SSSR count). The number of nitrogen functional groups attached to an aromatic ring is 2. The van der Waals surface area contributed by atoms with E-state index in [4.69, 9.17) is 16.0 Å². The second-order valence-corrected chi connectivity index (χ2v) is 3.19. The average molecular weight is 189 g/mol. The van der Waals surface area contributed by atoms with Crippen LogP contribution in [0.4, 0.5) is 11.6 Å². The van der Waals surface area contributed by atoms with E-state index in [1.807, 2.05) is 25.1 Å². The van der Waals surface area contributed by atoms with Crippen LogP contribution < -0.4 is 11.5 Å². The van der Waals surface area contributed by atoms with E-state index < -0.39 is 0 Å². The number of rotatable bonds is 1. The zero-order chi connectivity index (χ0) is 10.1. The minimum Gasteiger partial charge on any atom is -0.398 e. The number of aryl methyl sites for hydroxylation is 1. The van der Waals surface area contributed by atoms with Gasteiger partial charge in [-0.05, 0) is 18.6 Å². The Balaban J connectivity index is 2.47. The van der Waals surface area contributed by atoms with Crippen molar-refractivity contribution in [2.75, 3.05) is 11.5 Å². The van der Waals surface area contributed by atoms with Gasteiger partial charge in [-0.1, -0.05) is 17.3 Å². The van der Waals surface area contributed by atoms with Gasteiger partial charge in [0.25, 0.3) is 0 Å². The lowest BCUT2D eigenvalue weighted by molar-refractivity contribution is 0.439. The molecule has 0 saturated heterocycles. The SMILES string of the molecule is Cc1ccc(-c2cc(N)on2)cc1N. The van der Waals surface area contributed by atoms with E-state index in [1.165, 1.54) is 0 Å². The maximum atomic E-state index is 5.78. The Morgan fingerprint density at radius 1 is 1.21 bits per heavy atom. The summed E-state index contributed by atoms with van der Waals surface area (Å²) in [4.78, 5) is 0. The van der Waals surface area contributed by atoms with E-state index in [0.717, 1.165) is 16.8 Å². The molecule has 4 N–H and O–H groups in total. The van der Waals surface area contributed by atoms with Gasteiger partial charge in [0.05, 0.1) is 0 Å². The van der Waals surface area contributed by atoms with E-state index in [2.05, 4.69) is 5.16 Å². The number of nitrogens with zero attached hydrogens (tertiary/aromatic N) is 1. The van der Waals surface area contributed by atoms with Gasteiger partial charge < -0.3 is 16.0 Å². The minimum absolute atomic E-state index is 0.305. The van der Waals surface area contributed by atoms with Crippen molar-refractivity contribution in [3.63, 3.8) is 0 Å². The molecule has 1 aromatic carbocycles. The molecule has 0 aliphatic carbocycles. The smallest absolute Gasteiger partial charge is 0.222 e. The van der Waals surface area contributed by atoms with Crippen molar-refractivity contribution in [3.05, 3.63) is 29.8 Å². The fraction of sp³-hybridized carbons (Fsp3) is 0.100. The van der Waals surface area contributed by atoms with Crippen molar-refractivity contribution in [1.82, 2.24) is 5.16 Å². The van der Waals surface area contributed by atoms with E-state index in [0.29, 0.717) is 11.6 Å². The number of hydrogen-bond acceptors (Lipinski definition) is 4. The van der Waals surface area contributed by atoms with Gasteiger partial charge in [0.15, 0.2) is 0 Å². The molecule has 0 radical (unpaired) electrons. The fourth-order valence-corrected chi connectivity index (χ4v) is 1.23. The normalized spacial score (nSPS) is 10.4. The van der Waals surface area contributed by atoms with Crippen LogP contribution in [0.5, 0.6) is 0 Å². The molecule has 0 bridgehead atoms. The monoisotopic (exact) mass is 189 g/mol. The highest BCUT2D eigenvalue weighted by molar-refractivity contribution is 5.67. The second-order valence-electron chi connectivity index (χ2n) is 3.19. The van der Waals surface area contributed by atoms with Gasteiger partial charge in [0, 0.05) is 17.3 Å². The molecule has 72 valence electrons. The van der Waals surface area contributed by atoms with E-state index in [9.17, 15) is 0 Å². The van der Waals surface area contributed by atoms with Crippen molar-refractivity contribution in [2.24, 2.45) is 0 Å². The molecule has 0 saturated carbocycles. The molecular weight excluding hydrogens is 178 g/mol. The zero-order valence-corrected chi connectivity index (χ0v) is 7.82. The Morgan fingerprint density at radius 3 is 2.57 bits per heavy atom. The first-order valence-corrected chi connectivity index (χ1v) is 4.25. The first kappa shape index (κ1) is 8.62. The topological polar surface area (TPSA) is 78.1 Å². The third kappa shape index (κ3) is 1.42. The summed E-state index contributed by atoms with van der Waals surface area (Å²) >= 11 is 0. The van der Waals surface area contributed by atoms with Gasteiger partial charge in [-0.3, -0.25) is 0 Å². The Hall–Kier alpha value is -1.97. The summed E-state index contributed by atoms with van der Waals surface area (Å²) < 4.78 is 4.78. The highest BCUT2D eigenvalue weighted by atomic mass is 16.5. The van der Waals surface area contributed by atoms with Crippen molar-refractivity contribution in [1.29, 1.82) is 0 Å². The number of aromatic nitrogens is 1. The quantitative estimate of drug-likeness (QED) is 0.670. The highest BCUT2D eigenvalue weighted by Gasteiger charge is 2.04. The first-order chi connectivity index (χ1) is 6.66. The summed E-state index contributed by atoms with van der Waals surface area (Å²) in [5.74, 6) is 0.305. The van der Waals surface area contributed by atoms with Crippen molar-refractivity contribution in [3.8, 4) is 11.3 Å². The van der Waals surface area contributed by atoms with Crippen LogP contribution in [0.1, 0.15) is 5.56 Å². The van der Waals surface area contributed by atoms with Gasteiger partial charge in [0.2, 0.25) is 5.88 Å². The average Bonchev–Trinajstić information content (AvgIpc) is 2.57. The molecule has 0 aliphatic rings. The van der Waals surface area contributed by atoms with Crippen molar-refractivity contribution < 1.29 is 4.52 Å². The lowest BCUT2D eigenvalue weighted by Gasteiger charge is -2.01. The molecular formula is C10H11N3O. The number of hydrogen-bond donors (Lipinski definition) is 2. The summed E-state index contributed by atoms with van der Waals surface area (Å²) in [6, 6.07) is 7.40. The van der Waals surface area contributed by atoms with Gasteiger partial charge >= 0.3 is 0 Å². The van der Waals surface area contributed by atoms with Crippen LogP contribution in [-0.4, -0.2) is 5.16 Å². The minimum atomic E-state index is 0.305. The van der Waals surface area contributed by atoms with Crippen molar-refractivity contribution in [2.45, 2.75) is 6.92 Å². The predicted octanol–water partition coefficient (Wildman–Crippen LogP) is 1.81. The molecule has 0 unspecified atom stereocenters. The summed E-state index contributed by atoms with van der Waals surface area (Å²) in [6.45, 7) is 1.95. The van der Waals surface area contributed by atoms with Crippen LogP contribution in [0.25, 0.3) is 11.3 Å². The number of benzene rings is 1. The van der Waals surface area contributed by atoms with Crippen LogP contribution in [0.15, 0.2) is 28.8 Å². The maximum Gasteiger partial charge on any atom is 0.222 e. The molecule has 0 spiro atoms. The van der Waals surface area contributed by atoms with Gasteiger partial charge in [-0.25, -0.2) is 0 Å². The summed E-state index contributed by atoms with van der Waals surface area (Å²) in [6.07, 6.45) is 0. The second kappa shape index (κ2) is 3.06. The molecule has 2 aromatic rings. The van der Waals surface area contributed by atoms with Crippen molar-refractivity contribution >= 4 is 11.6 Å². The molecule has 4 nitrogen and oxygen atoms in total. The standard InChI is InChI=1S/C10H11N3O/c1-6-2-3-7(4-8(6)11)9-5-10(12)14-13-9/h2-5H,11-12H2,1H3. The van der Waals surface area contributed by atoms with Gasteiger partial charge in [0.1, 0.15) is 5.69 Å². The van der Waals surface area contributed by atoms with Crippen LogP contribution >= 0.6 is 0 Å². The molecule has 0 amide bonds. The predicted molar refractivity (Wildman–Crippen MR) is 55.5 cm³/mol. The maximum absolute atomic E-state index is 5.78. The summed E-state index contributed by atoms with van der Waals surface area (Å²) in [7, 11) is 0. The Labute approximate surface area is 81.5 Å². The van der Waals surface area contributed by atoms with Crippen LogP contribution in [0, 0.1) is 6.92 Å². The largest absolute Gasteiger partial charge is 0.398 e. The molecule has 0 atom stereocenters. The van der Waals surface area contributed by atoms with E-state index in [1.54, 1.807) is 6.07 Å². The van der Waals surface area contributed by atoms with Gasteiger partial charge in [-0.2, -0.15) is 0 Å². The molecule has 0 aliphatic heterocycles. The molecule has 0 fully saturated rings. The lowest BCUT2D eigenvalue weighted by atomic mass is 10.1. The summed E-state index contributed by atoms with van der Waals surface area (Å²) in [5.41, 5.74) is 14.6. The molecule has 14 heavy (non-hydrogen) atoms. The highest BCUT2D eigenvalue weighted by Crippen LogP contribution is 2.23. The number of nitrogens with two attached hydrogens (primary N) is 2. The third-order valence-corrected chi connectivity index (χ3v) is 2.10. The molecule has 1 heterocycles. The third-order valence-electron chi connectivity index (χ3n) is 2.10. The zero-order valence-electron chi connectivity index (χ0n) is 7.82. The Morgan fingerprint density at radius 2 is 2.00 bits per heavy atom. The molecule has 4 heteroatoms. The van der Waals surface area contributed by atoms with Crippen LogP contribution in [0.3, 0.4) is 0 Å².